The second-order valence-electron chi connectivity index (χ2n) is 5.78. The Balaban J connectivity index is 1.66. The van der Waals surface area contributed by atoms with Crippen LogP contribution in [0.25, 0.3) is 0 Å². The van der Waals surface area contributed by atoms with Gasteiger partial charge in [0.05, 0.1) is 12.0 Å². The Labute approximate surface area is 114 Å². The van der Waals surface area contributed by atoms with Crippen molar-refractivity contribution in [3.63, 3.8) is 0 Å². The van der Waals surface area contributed by atoms with Crippen LogP contribution in [0.3, 0.4) is 0 Å². The molecule has 1 aliphatic heterocycles. The van der Waals surface area contributed by atoms with Crippen LogP contribution in [0.5, 0.6) is 0 Å². The van der Waals surface area contributed by atoms with Gasteiger partial charge in [-0.1, -0.05) is 30.3 Å². The molecule has 2 unspecified atom stereocenters. The first-order valence-electron chi connectivity index (χ1n) is 7.40. The molecular formula is C16H22N2O. The zero-order valence-corrected chi connectivity index (χ0v) is 11.3. The largest absolute Gasteiger partial charge is 0.349 e. The van der Waals surface area contributed by atoms with Crippen LogP contribution in [0.15, 0.2) is 30.3 Å². The van der Waals surface area contributed by atoms with Crippen LogP contribution in [0.2, 0.25) is 0 Å². The Morgan fingerprint density at radius 1 is 1.21 bits per heavy atom. The predicted octanol–water partition coefficient (Wildman–Crippen LogP) is 2.25. The highest BCUT2D eigenvalue weighted by Crippen LogP contribution is 2.41. The molecule has 0 spiro atoms. The fraction of sp³-hybridized carbons (Fsp3) is 0.562. The monoisotopic (exact) mass is 258 g/mol. The van der Waals surface area contributed by atoms with Gasteiger partial charge >= 0.3 is 0 Å². The Bertz CT molecular complexity index is 422. The molecule has 1 saturated carbocycles. The van der Waals surface area contributed by atoms with E-state index in [1.54, 1.807) is 0 Å². The summed E-state index contributed by atoms with van der Waals surface area (Å²) in [5.74, 6) is 1.02. The molecule has 1 aliphatic carbocycles. The van der Waals surface area contributed by atoms with Gasteiger partial charge in [0.25, 0.3) is 0 Å². The molecule has 2 fully saturated rings. The second-order valence-corrected chi connectivity index (χ2v) is 5.78. The van der Waals surface area contributed by atoms with Gasteiger partial charge in [-0.2, -0.15) is 0 Å². The van der Waals surface area contributed by atoms with Gasteiger partial charge in [0.15, 0.2) is 0 Å². The van der Waals surface area contributed by atoms with Crippen LogP contribution in [-0.4, -0.2) is 19.0 Å². The van der Waals surface area contributed by atoms with E-state index in [9.17, 15) is 4.79 Å². The maximum absolute atomic E-state index is 12.4. The van der Waals surface area contributed by atoms with E-state index in [1.807, 2.05) is 6.07 Å². The molecule has 3 rings (SSSR count). The van der Waals surface area contributed by atoms with E-state index < -0.39 is 0 Å². The predicted molar refractivity (Wildman–Crippen MR) is 75.6 cm³/mol. The standard InChI is InChI=1S/C16H22N2O/c19-16(14-7-4-10-17-11-14)18-15(13-8-9-13)12-5-2-1-3-6-12/h1-3,5-6,13-15,17H,4,7-11H2,(H,18,19). The van der Waals surface area contributed by atoms with E-state index in [0.717, 1.165) is 25.9 Å². The minimum Gasteiger partial charge on any atom is -0.349 e. The van der Waals surface area contributed by atoms with Gasteiger partial charge in [0, 0.05) is 6.54 Å². The molecule has 1 aromatic carbocycles. The summed E-state index contributed by atoms with van der Waals surface area (Å²) < 4.78 is 0. The molecule has 19 heavy (non-hydrogen) atoms. The maximum atomic E-state index is 12.4. The summed E-state index contributed by atoms with van der Waals surface area (Å²) in [6.07, 6.45) is 4.61. The normalized spacial score (nSPS) is 24.7. The third-order valence-corrected chi connectivity index (χ3v) is 4.22. The number of hydrogen-bond donors (Lipinski definition) is 2. The van der Waals surface area contributed by atoms with Crippen molar-refractivity contribution in [2.45, 2.75) is 31.7 Å². The van der Waals surface area contributed by atoms with Crippen molar-refractivity contribution in [3.8, 4) is 0 Å². The molecule has 2 N–H and O–H groups in total. The molecule has 0 radical (unpaired) electrons. The third-order valence-electron chi connectivity index (χ3n) is 4.22. The summed E-state index contributed by atoms with van der Waals surface area (Å²) in [4.78, 5) is 12.4. The van der Waals surface area contributed by atoms with Crippen molar-refractivity contribution in [1.82, 2.24) is 10.6 Å². The number of amides is 1. The van der Waals surface area contributed by atoms with Crippen LogP contribution in [0, 0.1) is 11.8 Å². The molecule has 3 heteroatoms. The highest BCUT2D eigenvalue weighted by atomic mass is 16.2. The molecule has 1 amide bonds. The van der Waals surface area contributed by atoms with Crippen molar-refractivity contribution < 1.29 is 4.79 Å². The highest BCUT2D eigenvalue weighted by Gasteiger charge is 2.34. The average molecular weight is 258 g/mol. The van der Waals surface area contributed by atoms with Crippen LogP contribution in [0.4, 0.5) is 0 Å². The number of rotatable bonds is 4. The third kappa shape index (κ3) is 3.16. The number of carbonyl (C=O) groups excluding carboxylic acids is 1. The molecule has 0 aromatic heterocycles. The van der Waals surface area contributed by atoms with Crippen molar-refractivity contribution in [2.75, 3.05) is 13.1 Å². The fourth-order valence-corrected chi connectivity index (χ4v) is 2.91. The first kappa shape index (κ1) is 12.7. The zero-order valence-electron chi connectivity index (χ0n) is 11.3. The van der Waals surface area contributed by atoms with Gasteiger partial charge in [0.2, 0.25) is 5.91 Å². The van der Waals surface area contributed by atoms with E-state index in [4.69, 9.17) is 0 Å². The van der Waals surface area contributed by atoms with Crippen molar-refractivity contribution in [3.05, 3.63) is 35.9 Å². The molecule has 0 bridgehead atoms. The van der Waals surface area contributed by atoms with E-state index >= 15 is 0 Å². The Hall–Kier alpha value is -1.35. The minimum absolute atomic E-state index is 0.152. The van der Waals surface area contributed by atoms with Crippen molar-refractivity contribution >= 4 is 5.91 Å². The first-order valence-corrected chi connectivity index (χ1v) is 7.40. The molecule has 102 valence electrons. The molecule has 1 heterocycles. The second kappa shape index (κ2) is 5.74. The van der Waals surface area contributed by atoms with Gasteiger partial charge in [-0.25, -0.2) is 0 Å². The van der Waals surface area contributed by atoms with Crippen LogP contribution in [-0.2, 0) is 4.79 Å². The maximum Gasteiger partial charge on any atom is 0.224 e. The molecular weight excluding hydrogens is 236 g/mol. The lowest BCUT2D eigenvalue weighted by atomic mass is 9.96. The minimum atomic E-state index is 0.152. The van der Waals surface area contributed by atoms with E-state index in [1.165, 1.54) is 18.4 Å². The van der Waals surface area contributed by atoms with Gasteiger partial charge in [0.1, 0.15) is 0 Å². The summed E-state index contributed by atoms with van der Waals surface area (Å²) in [6.45, 7) is 1.88. The molecule has 2 atom stereocenters. The lowest BCUT2D eigenvalue weighted by molar-refractivity contribution is -0.126. The van der Waals surface area contributed by atoms with Gasteiger partial charge < -0.3 is 10.6 Å². The smallest absolute Gasteiger partial charge is 0.224 e. The van der Waals surface area contributed by atoms with Gasteiger partial charge in [-0.3, -0.25) is 4.79 Å². The first-order chi connectivity index (χ1) is 9.34. The number of nitrogens with one attached hydrogen (secondary N) is 2. The van der Waals surface area contributed by atoms with Crippen molar-refractivity contribution in [2.24, 2.45) is 11.8 Å². The number of benzene rings is 1. The SMILES string of the molecule is O=C(NC(c1ccccc1)C1CC1)C1CCCNC1. The summed E-state index contributed by atoms with van der Waals surface area (Å²) >= 11 is 0. The number of hydrogen-bond acceptors (Lipinski definition) is 2. The van der Waals surface area contributed by atoms with Crippen LogP contribution >= 0.6 is 0 Å². The fourth-order valence-electron chi connectivity index (χ4n) is 2.91. The Morgan fingerprint density at radius 3 is 2.63 bits per heavy atom. The van der Waals surface area contributed by atoms with E-state index in [-0.39, 0.29) is 17.9 Å². The Morgan fingerprint density at radius 2 is 2.00 bits per heavy atom. The molecule has 1 aromatic rings. The van der Waals surface area contributed by atoms with Crippen LogP contribution < -0.4 is 10.6 Å². The highest BCUT2D eigenvalue weighted by molar-refractivity contribution is 5.79. The van der Waals surface area contributed by atoms with E-state index in [0.29, 0.717) is 5.92 Å². The molecule has 1 saturated heterocycles. The van der Waals surface area contributed by atoms with Gasteiger partial charge in [-0.15, -0.1) is 0 Å². The topological polar surface area (TPSA) is 41.1 Å². The quantitative estimate of drug-likeness (QED) is 0.869. The zero-order chi connectivity index (χ0) is 13.1. The lowest BCUT2D eigenvalue weighted by Crippen LogP contribution is -2.42. The summed E-state index contributed by atoms with van der Waals surface area (Å²) in [5, 5.41) is 6.60. The summed E-state index contributed by atoms with van der Waals surface area (Å²) in [7, 11) is 0. The lowest BCUT2D eigenvalue weighted by Gasteiger charge is -2.25. The number of carbonyl (C=O) groups is 1. The number of piperidine rings is 1. The molecule has 2 aliphatic rings. The molecule has 3 nitrogen and oxygen atoms in total. The Kier molecular flexibility index (Phi) is 3.83. The van der Waals surface area contributed by atoms with Crippen LogP contribution in [0.1, 0.15) is 37.3 Å². The van der Waals surface area contributed by atoms with E-state index in [2.05, 4.69) is 34.9 Å². The average Bonchev–Trinajstić information content (AvgIpc) is 3.31. The van der Waals surface area contributed by atoms with Crippen molar-refractivity contribution in [1.29, 1.82) is 0 Å². The summed E-state index contributed by atoms with van der Waals surface area (Å²) in [5.41, 5.74) is 1.25. The van der Waals surface area contributed by atoms with Gasteiger partial charge in [-0.05, 0) is 43.7 Å². The summed E-state index contributed by atoms with van der Waals surface area (Å²) in [6, 6.07) is 10.6.